The van der Waals surface area contributed by atoms with Crippen molar-refractivity contribution in [2.75, 3.05) is 48.3 Å². The first-order chi connectivity index (χ1) is 19.0. The maximum atomic E-state index is 13.6. The van der Waals surface area contributed by atoms with Gasteiger partial charge in [0.25, 0.3) is 11.7 Å². The van der Waals surface area contributed by atoms with Crippen molar-refractivity contribution in [3.8, 4) is 0 Å². The van der Waals surface area contributed by atoms with Crippen LogP contribution in [0.4, 0.5) is 29.0 Å². The van der Waals surface area contributed by atoms with Crippen LogP contribution < -0.4 is 25.6 Å². The van der Waals surface area contributed by atoms with E-state index in [0.29, 0.717) is 34.5 Å². The van der Waals surface area contributed by atoms with Crippen LogP contribution in [0.2, 0.25) is 0 Å². The Morgan fingerprint density at radius 3 is 2.44 bits per heavy atom. The number of pyridine rings is 2. The number of nitrogens with one attached hydrogen (secondary N) is 3. The highest BCUT2D eigenvalue weighted by Crippen LogP contribution is 2.42. The van der Waals surface area contributed by atoms with Gasteiger partial charge >= 0.3 is 0 Å². The number of aromatic nitrogens is 4. The number of amides is 1. The van der Waals surface area contributed by atoms with E-state index in [4.69, 9.17) is 0 Å². The number of carbonyl (C=O) groups excluding carboxylic acids is 1. The Balaban J connectivity index is 1.19. The molecule has 39 heavy (non-hydrogen) atoms. The van der Waals surface area contributed by atoms with E-state index < -0.39 is 5.54 Å². The molecule has 3 aliphatic rings. The molecule has 0 radical (unpaired) electrons. The number of anilines is 5. The molecule has 0 bridgehead atoms. The van der Waals surface area contributed by atoms with E-state index in [1.807, 2.05) is 19.2 Å². The van der Waals surface area contributed by atoms with Crippen molar-refractivity contribution < 1.29 is 9.52 Å². The first kappa shape index (κ1) is 25.3. The van der Waals surface area contributed by atoms with Gasteiger partial charge in [-0.15, -0.1) is 0 Å². The summed E-state index contributed by atoms with van der Waals surface area (Å²) < 4.78 is 0.876. The second kappa shape index (κ2) is 10.3. The number of hydrogen-bond donors (Lipinski definition) is 3. The van der Waals surface area contributed by atoms with Crippen molar-refractivity contribution in [3.63, 3.8) is 0 Å². The Bertz CT molecular complexity index is 1360. The molecule has 3 N–H and O–H groups in total. The Morgan fingerprint density at radius 2 is 1.74 bits per heavy atom. The quantitative estimate of drug-likeness (QED) is 0.326. The van der Waals surface area contributed by atoms with E-state index in [9.17, 15) is 10.0 Å². The average Bonchev–Trinajstić information content (AvgIpc) is 3.24. The van der Waals surface area contributed by atoms with Gasteiger partial charge in [0.1, 0.15) is 29.2 Å². The number of rotatable bonds is 6. The fourth-order valence-electron chi connectivity index (χ4n) is 6.13. The second-order valence-corrected chi connectivity index (χ2v) is 10.7. The zero-order valence-corrected chi connectivity index (χ0v) is 22.5. The Morgan fingerprint density at radius 1 is 1.00 bits per heavy atom. The summed E-state index contributed by atoms with van der Waals surface area (Å²) in [5.41, 5.74) is 2.32. The van der Waals surface area contributed by atoms with E-state index in [0.717, 1.165) is 80.8 Å². The van der Waals surface area contributed by atoms with E-state index >= 15 is 0 Å². The summed E-state index contributed by atoms with van der Waals surface area (Å²) in [6, 6.07) is 7.46. The van der Waals surface area contributed by atoms with E-state index in [-0.39, 0.29) is 5.91 Å². The Kier molecular flexibility index (Phi) is 6.68. The number of nitrogens with zero attached hydrogens (tertiary/aromatic N) is 6. The van der Waals surface area contributed by atoms with Gasteiger partial charge in [-0.25, -0.2) is 20.0 Å². The molecule has 1 spiro atoms. The molecule has 2 fully saturated rings. The largest absolute Gasteiger partial charge is 0.710 e. The van der Waals surface area contributed by atoms with Gasteiger partial charge in [-0.05, 0) is 44.0 Å². The standard InChI is InChI=1S/C28H35N9O2/c1-3-35-11-13-36(14-12-35)20-7-8-21(29-17-20)32-22-16-23(31-18-30-22)33-24-15-19(2)25-26(37(24)39)28(34-27(25)38)9-5-4-6-10-28/h7-8,15-18H,3-6,9-14H2,1-2H3,(H,34,38)(H2,29,30,31,32,33). The van der Waals surface area contributed by atoms with Crippen LogP contribution in [-0.4, -0.2) is 58.5 Å². The third kappa shape index (κ3) is 4.82. The highest BCUT2D eigenvalue weighted by Gasteiger charge is 2.48. The van der Waals surface area contributed by atoms with Crippen LogP contribution in [0.15, 0.2) is 36.8 Å². The number of aryl methyl sites for hydroxylation is 1. The number of carbonyl (C=O) groups is 1. The zero-order valence-electron chi connectivity index (χ0n) is 22.5. The molecule has 1 amide bonds. The van der Waals surface area contributed by atoms with Gasteiger partial charge in [0.05, 0.1) is 17.4 Å². The van der Waals surface area contributed by atoms with Crippen LogP contribution in [-0.2, 0) is 5.54 Å². The van der Waals surface area contributed by atoms with Gasteiger partial charge in [-0.1, -0.05) is 26.2 Å². The van der Waals surface area contributed by atoms with Crippen molar-refractivity contribution in [2.24, 2.45) is 0 Å². The molecule has 204 valence electrons. The summed E-state index contributed by atoms with van der Waals surface area (Å²) in [6.07, 6.45) is 7.97. The first-order valence-electron chi connectivity index (χ1n) is 13.9. The van der Waals surface area contributed by atoms with Crippen molar-refractivity contribution in [1.82, 2.24) is 25.2 Å². The lowest BCUT2D eigenvalue weighted by Gasteiger charge is -2.35. The number of likely N-dealkylation sites (N-methyl/N-ethyl adjacent to an activating group) is 1. The van der Waals surface area contributed by atoms with Crippen LogP contribution in [0.5, 0.6) is 0 Å². The lowest BCUT2D eigenvalue weighted by molar-refractivity contribution is -0.603. The van der Waals surface area contributed by atoms with E-state index in [2.05, 4.69) is 53.7 Å². The lowest BCUT2D eigenvalue weighted by atomic mass is 9.79. The normalized spacial score (nSPS) is 18.6. The minimum Gasteiger partial charge on any atom is -0.710 e. The third-order valence-electron chi connectivity index (χ3n) is 8.26. The maximum Gasteiger partial charge on any atom is 0.284 e. The maximum absolute atomic E-state index is 13.6. The molecule has 0 atom stereocenters. The Hall–Kier alpha value is -3.99. The molecule has 1 aliphatic carbocycles. The van der Waals surface area contributed by atoms with Crippen LogP contribution in [0.3, 0.4) is 0 Å². The van der Waals surface area contributed by atoms with Crippen LogP contribution in [0, 0.1) is 12.1 Å². The highest BCUT2D eigenvalue weighted by atomic mass is 16.5. The van der Waals surface area contributed by atoms with Crippen molar-refractivity contribution in [3.05, 3.63) is 58.8 Å². The molecule has 2 aliphatic heterocycles. The van der Waals surface area contributed by atoms with Crippen LogP contribution >= 0.6 is 0 Å². The highest BCUT2D eigenvalue weighted by molar-refractivity contribution is 6.00. The summed E-state index contributed by atoms with van der Waals surface area (Å²) in [7, 11) is 0. The van der Waals surface area contributed by atoms with Gasteiger partial charge in [-0.2, -0.15) is 4.98 Å². The molecule has 5 heterocycles. The van der Waals surface area contributed by atoms with Crippen molar-refractivity contribution in [1.29, 1.82) is 0 Å². The molecule has 11 nitrogen and oxygen atoms in total. The predicted octanol–water partition coefficient (Wildman–Crippen LogP) is 3.35. The zero-order chi connectivity index (χ0) is 27.0. The fraction of sp³-hybridized carbons (Fsp3) is 0.464. The minimum atomic E-state index is -0.589. The number of hydrogen-bond acceptors (Lipinski definition) is 9. The summed E-state index contributed by atoms with van der Waals surface area (Å²) in [5.74, 6) is 1.88. The van der Waals surface area contributed by atoms with Gasteiger partial charge in [0.15, 0.2) is 0 Å². The van der Waals surface area contributed by atoms with Crippen LogP contribution in [0.1, 0.15) is 60.6 Å². The van der Waals surface area contributed by atoms with Crippen LogP contribution in [0.25, 0.3) is 0 Å². The Labute approximate surface area is 228 Å². The lowest BCUT2D eigenvalue weighted by Crippen LogP contribution is -2.49. The molecule has 3 aromatic rings. The average molecular weight is 530 g/mol. The molecular weight excluding hydrogens is 494 g/mol. The molecule has 11 heteroatoms. The molecule has 1 saturated heterocycles. The van der Waals surface area contributed by atoms with Gasteiger partial charge in [0, 0.05) is 38.3 Å². The monoisotopic (exact) mass is 529 g/mol. The summed E-state index contributed by atoms with van der Waals surface area (Å²) in [5, 5.41) is 23.1. The van der Waals surface area contributed by atoms with Gasteiger partial charge in [0.2, 0.25) is 5.82 Å². The topological polar surface area (TPSA) is 125 Å². The predicted molar refractivity (Wildman–Crippen MR) is 150 cm³/mol. The molecule has 6 rings (SSSR count). The molecule has 0 unspecified atom stereocenters. The minimum absolute atomic E-state index is 0.157. The summed E-state index contributed by atoms with van der Waals surface area (Å²) in [6.45, 7) is 9.28. The van der Waals surface area contributed by atoms with Gasteiger partial charge < -0.3 is 25.6 Å². The van der Waals surface area contributed by atoms with Gasteiger partial charge in [-0.3, -0.25) is 4.79 Å². The molecule has 0 aromatic carbocycles. The molecule has 1 saturated carbocycles. The summed E-state index contributed by atoms with van der Waals surface area (Å²) >= 11 is 0. The second-order valence-electron chi connectivity index (χ2n) is 10.7. The number of fused-ring (bicyclic) bond motifs is 2. The SMILES string of the molecule is CCN1CCN(c2ccc(Nc3cc(Nc4cc(C)c5c([n+]4[O-])C4(CCCCC4)NC5=O)ncn3)nc2)CC1. The third-order valence-corrected chi connectivity index (χ3v) is 8.26. The fourth-order valence-corrected chi connectivity index (χ4v) is 6.13. The van der Waals surface area contributed by atoms with E-state index in [1.54, 1.807) is 12.1 Å². The first-order valence-corrected chi connectivity index (χ1v) is 13.9. The van der Waals surface area contributed by atoms with E-state index in [1.165, 1.54) is 6.33 Å². The van der Waals surface area contributed by atoms with Crippen molar-refractivity contribution >= 4 is 34.9 Å². The molecule has 3 aromatic heterocycles. The molecular formula is C28H35N9O2. The summed E-state index contributed by atoms with van der Waals surface area (Å²) in [4.78, 5) is 30.8. The smallest absolute Gasteiger partial charge is 0.284 e. The van der Waals surface area contributed by atoms with Crippen molar-refractivity contribution in [2.45, 2.75) is 51.5 Å². The number of piperazine rings is 1.